The second-order valence-corrected chi connectivity index (χ2v) is 9.97. The number of furan rings is 1. The number of ether oxygens (including phenoxy) is 1. The molecule has 2 heterocycles. The summed E-state index contributed by atoms with van der Waals surface area (Å²) in [6, 6.07) is 16.7. The molecule has 1 amide bonds. The molecule has 0 aliphatic rings. The van der Waals surface area contributed by atoms with Crippen LogP contribution in [0.2, 0.25) is 5.02 Å². The Kier molecular flexibility index (Phi) is 9.76. The molecule has 1 unspecified atom stereocenters. The van der Waals surface area contributed by atoms with Crippen molar-refractivity contribution in [2.45, 2.75) is 37.0 Å². The first kappa shape index (κ1) is 27.9. The molecule has 0 fully saturated rings. The maximum absolute atomic E-state index is 13.0. The van der Waals surface area contributed by atoms with E-state index in [4.69, 9.17) is 20.8 Å². The van der Waals surface area contributed by atoms with Gasteiger partial charge in [-0.2, -0.15) is 5.10 Å². The zero-order valence-corrected chi connectivity index (χ0v) is 22.6. The lowest BCUT2D eigenvalue weighted by atomic mass is 10.2. The van der Waals surface area contributed by atoms with Gasteiger partial charge in [0.25, 0.3) is 11.9 Å². The van der Waals surface area contributed by atoms with Crippen LogP contribution in [-0.2, 0) is 24.5 Å². The summed E-state index contributed by atoms with van der Waals surface area (Å²) in [5.74, 6) is 0.751. The molecule has 2 aromatic heterocycles. The van der Waals surface area contributed by atoms with E-state index < -0.39 is 5.25 Å². The third kappa shape index (κ3) is 8.20. The smallest absolute Gasteiger partial charge is 0.285 e. The van der Waals surface area contributed by atoms with Gasteiger partial charge in [0.2, 0.25) is 0 Å². The summed E-state index contributed by atoms with van der Waals surface area (Å²) in [4.78, 5) is 12.6. The molecule has 4 rings (SSSR count). The van der Waals surface area contributed by atoms with Gasteiger partial charge in [-0.15, -0.1) is 16.8 Å². The topological polar surface area (TPSA) is 107 Å². The van der Waals surface area contributed by atoms with Crippen LogP contribution in [0.25, 0.3) is 0 Å². The number of rotatable bonds is 13. The highest BCUT2D eigenvalue weighted by Crippen LogP contribution is 2.23. The van der Waals surface area contributed by atoms with Crippen molar-refractivity contribution in [3.05, 3.63) is 101 Å². The maximum atomic E-state index is 13.0. The van der Waals surface area contributed by atoms with Crippen molar-refractivity contribution < 1.29 is 18.3 Å². The lowest BCUT2D eigenvalue weighted by Gasteiger charge is -2.12. The van der Waals surface area contributed by atoms with E-state index in [1.165, 1.54) is 30.1 Å². The highest BCUT2D eigenvalue weighted by molar-refractivity contribution is 8.00. The van der Waals surface area contributed by atoms with Gasteiger partial charge in [0.15, 0.2) is 16.7 Å². The standard InChI is InChI=1S/C27H26ClFN6O3S/c1-3-14-35-24(16-30-22-10-6-20(28)7-11-22)32-34-27(35)39-18(2)26(36)33-31-15-23-12-13-25(38-23)37-17-19-4-8-21(29)9-5-19/h3-13,15,18,30H,1,14,16-17H2,2H3,(H,33,36)/b31-15+. The molecule has 0 spiro atoms. The minimum Gasteiger partial charge on any atom is -0.460 e. The third-order valence-electron chi connectivity index (χ3n) is 5.31. The van der Waals surface area contributed by atoms with Gasteiger partial charge in [-0.25, -0.2) is 9.82 Å². The van der Waals surface area contributed by atoms with E-state index in [-0.39, 0.29) is 24.3 Å². The Morgan fingerprint density at radius 3 is 2.72 bits per heavy atom. The van der Waals surface area contributed by atoms with Crippen LogP contribution >= 0.6 is 23.4 Å². The van der Waals surface area contributed by atoms with Crippen LogP contribution < -0.4 is 15.5 Å². The Balaban J connectivity index is 1.27. The van der Waals surface area contributed by atoms with Crippen molar-refractivity contribution in [3.63, 3.8) is 0 Å². The monoisotopic (exact) mass is 568 g/mol. The number of nitrogens with one attached hydrogen (secondary N) is 2. The summed E-state index contributed by atoms with van der Waals surface area (Å²) >= 11 is 7.21. The molecule has 9 nitrogen and oxygen atoms in total. The molecule has 2 N–H and O–H groups in total. The number of carbonyl (C=O) groups is 1. The molecule has 0 saturated heterocycles. The minimum atomic E-state index is -0.502. The van der Waals surface area contributed by atoms with Crippen LogP contribution in [0.5, 0.6) is 5.95 Å². The number of nitrogens with zero attached hydrogens (tertiary/aromatic N) is 4. The maximum Gasteiger partial charge on any atom is 0.285 e. The summed E-state index contributed by atoms with van der Waals surface area (Å²) in [5.41, 5.74) is 4.21. The number of aromatic nitrogens is 3. The molecule has 202 valence electrons. The fraction of sp³-hybridized carbons (Fsp3) is 0.185. The van der Waals surface area contributed by atoms with E-state index in [1.54, 1.807) is 49.4 Å². The lowest BCUT2D eigenvalue weighted by molar-refractivity contribution is -0.120. The molecule has 0 radical (unpaired) electrons. The predicted molar refractivity (Wildman–Crippen MR) is 149 cm³/mol. The number of hydrogen-bond acceptors (Lipinski definition) is 8. The third-order valence-corrected chi connectivity index (χ3v) is 6.65. The van der Waals surface area contributed by atoms with E-state index in [2.05, 4.69) is 32.6 Å². The van der Waals surface area contributed by atoms with Crippen LogP contribution in [0, 0.1) is 5.82 Å². The molecule has 1 atom stereocenters. The molecular weight excluding hydrogens is 543 g/mol. The predicted octanol–water partition coefficient (Wildman–Crippen LogP) is 5.67. The van der Waals surface area contributed by atoms with E-state index >= 15 is 0 Å². The number of amides is 1. The SMILES string of the molecule is C=CCn1c(CNc2ccc(Cl)cc2)nnc1SC(C)C(=O)N/N=C/c1ccc(OCc2ccc(F)cc2)o1. The summed E-state index contributed by atoms with van der Waals surface area (Å²) in [7, 11) is 0. The number of halogens is 2. The van der Waals surface area contributed by atoms with Gasteiger partial charge < -0.3 is 19.0 Å². The zero-order valence-electron chi connectivity index (χ0n) is 21.0. The van der Waals surface area contributed by atoms with Crippen molar-refractivity contribution in [2.75, 3.05) is 5.32 Å². The first-order valence-corrected chi connectivity index (χ1v) is 13.2. The van der Waals surface area contributed by atoms with Crippen molar-refractivity contribution in [3.8, 4) is 5.95 Å². The summed E-state index contributed by atoms with van der Waals surface area (Å²) < 4.78 is 26.0. The van der Waals surface area contributed by atoms with Crippen molar-refractivity contribution >= 4 is 41.2 Å². The average molecular weight is 569 g/mol. The normalized spacial score (nSPS) is 11.9. The number of hydrogen-bond donors (Lipinski definition) is 2. The molecule has 0 aliphatic heterocycles. The van der Waals surface area contributed by atoms with E-state index in [0.29, 0.717) is 34.9 Å². The number of anilines is 1. The Morgan fingerprint density at radius 2 is 1.97 bits per heavy atom. The molecule has 0 bridgehead atoms. The van der Waals surface area contributed by atoms with E-state index in [0.717, 1.165) is 11.3 Å². The van der Waals surface area contributed by atoms with E-state index in [1.807, 2.05) is 16.7 Å². The molecule has 0 aliphatic carbocycles. The van der Waals surface area contributed by atoms with Gasteiger partial charge >= 0.3 is 0 Å². The fourth-order valence-electron chi connectivity index (χ4n) is 3.28. The fourth-order valence-corrected chi connectivity index (χ4v) is 4.27. The first-order valence-electron chi connectivity index (χ1n) is 11.9. The summed E-state index contributed by atoms with van der Waals surface area (Å²) in [6.45, 7) is 6.72. The van der Waals surface area contributed by atoms with Gasteiger partial charge in [0, 0.05) is 23.3 Å². The Labute approximate surface area is 234 Å². The van der Waals surface area contributed by atoms with Crippen molar-refractivity contribution in [1.82, 2.24) is 20.2 Å². The minimum absolute atomic E-state index is 0.227. The summed E-state index contributed by atoms with van der Waals surface area (Å²) in [5, 5.41) is 16.5. The van der Waals surface area contributed by atoms with Crippen LogP contribution in [0.1, 0.15) is 24.1 Å². The van der Waals surface area contributed by atoms with Crippen LogP contribution in [0.15, 0.2) is 88.0 Å². The average Bonchev–Trinajstić information content (AvgIpc) is 3.55. The van der Waals surface area contributed by atoms with Gasteiger partial charge in [0.05, 0.1) is 18.0 Å². The van der Waals surface area contributed by atoms with Gasteiger partial charge in [-0.05, 0) is 55.0 Å². The number of benzene rings is 2. The van der Waals surface area contributed by atoms with Crippen molar-refractivity contribution in [2.24, 2.45) is 5.10 Å². The van der Waals surface area contributed by atoms with Gasteiger partial charge in [0.1, 0.15) is 12.4 Å². The van der Waals surface area contributed by atoms with Crippen LogP contribution in [0.4, 0.5) is 10.1 Å². The van der Waals surface area contributed by atoms with Crippen LogP contribution in [-0.4, -0.2) is 32.1 Å². The molecule has 39 heavy (non-hydrogen) atoms. The first-order chi connectivity index (χ1) is 18.9. The lowest BCUT2D eigenvalue weighted by Crippen LogP contribution is -2.27. The molecule has 4 aromatic rings. The van der Waals surface area contributed by atoms with Gasteiger partial charge in [-0.3, -0.25) is 4.79 Å². The van der Waals surface area contributed by atoms with Gasteiger partial charge in [-0.1, -0.05) is 41.6 Å². The second kappa shape index (κ2) is 13.6. The number of allylic oxidation sites excluding steroid dienone is 1. The largest absolute Gasteiger partial charge is 0.460 e. The highest BCUT2D eigenvalue weighted by atomic mass is 35.5. The Morgan fingerprint density at radius 1 is 1.21 bits per heavy atom. The Bertz CT molecular complexity index is 1420. The summed E-state index contributed by atoms with van der Waals surface area (Å²) in [6.07, 6.45) is 3.12. The zero-order chi connectivity index (χ0) is 27.6. The van der Waals surface area contributed by atoms with E-state index in [9.17, 15) is 9.18 Å². The molecule has 2 aromatic carbocycles. The quantitative estimate of drug-likeness (QED) is 0.0926. The number of hydrazone groups is 1. The van der Waals surface area contributed by atoms with Crippen LogP contribution in [0.3, 0.4) is 0 Å². The molecule has 12 heteroatoms. The van der Waals surface area contributed by atoms with Crippen molar-refractivity contribution in [1.29, 1.82) is 0 Å². The Hall–Kier alpha value is -4.09. The second-order valence-electron chi connectivity index (χ2n) is 8.22. The molecular formula is C27H26ClFN6O3S. The highest BCUT2D eigenvalue weighted by Gasteiger charge is 2.19. The number of thioether (sulfide) groups is 1. The number of carbonyl (C=O) groups excluding carboxylic acids is 1. The molecule has 0 saturated carbocycles.